The van der Waals surface area contributed by atoms with Gasteiger partial charge in [0.1, 0.15) is 5.82 Å². The summed E-state index contributed by atoms with van der Waals surface area (Å²) in [6.45, 7) is 3.92. The molecule has 1 atom stereocenters. The molecule has 32 heavy (non-hydrogen) atoms. The van der Waals surface area contributed by atoms with Crippen LogP contribution in [-0.4, -0.2) is 41.7 Å². The lowest BCUT2D eigenvalue weighted by Crippen LogP contribution is -2.49. The van der Waals surface area contributed by atoms with Gasteiger partial charge in [0, 0.05) is 42.3 Å². The van der Waals surface area contributed by atoms with Crippen LogP contribution in [0.4, 0.5) is 5.82 Å². The van der Waals surface area contributed by atoms with Crippen LogP contribution in [-0.2, 0) is 0 Å². The number of benzene rings is 2. The molecule has 3 aromatic rings. The predicted molar refractivity (Wildman–Crippen MR) is 129 cm³/mol. The number of rotatable bonds is 5. The van der Waals surface area contributed by atoms with E-state index in [0.717, 1.165) is 53.6 Å². The molecule has 5 nitrogen and oxygen atoms in total. The number of carbonyl (C=O) groups excluding carboxylic acids is 1. The monoisotopic (exact) mass is 427 g/mol. The fourth-order valence-corrected chi connectivity index (χ4v) is 4.26. The second kappa shape index (κ2) is 10.4. The van der Waals surface area contributed by atoms with Crippen LogP contribution in [0.1, 0.15) is 47.2 Å². The summed E-state index contributed by atoms with van der Waals surface area (Å²) in [5.41, 5.74) is 2.52. The van der Waals surface area contributed by atoms with Crippen LogP contribution in [0.3, 0.4) is 0 Å². The van der Waals surface area contributed by atoms with E-state index in [1.165, 1.54) is 0 Å². The number of fused-ring (bicyclic) bond motifs is 1. The number of piperidine rings is 1. The molecule has 2 aromatic carbocycles. The van der Waals surface area contributed by atoms with Crippen LogP contribution < -0.4 is 10.2 Å². The van der Waals surface area contributed by atoms with Crippen molar-refractivity contribution in [2.75, 3.05) is 24.6 Å². The zero-order valence-corrected chi connectivity index (χ0v) is 18.5. The summed E-state index contributed by atoms with van der Waals surface area (Å²) >= 11 is 0. The van der Waals surface area contributed by atoms with Crippen molar-refractivity contribution in [2.24, 2.45) is 0 Å². The third kappa shape index (κ3) is 4.83. The summed E-state index contributed by atoms with van der Waals surface area (Å²) in [5.74, 6) is 6.85. The van der Waals surface area contributed by atoms with Crippen LogP contribution in [0.2, 0.25) is 0 Å². The van der Waals surface area contributed by atoms with Crippen LogP contribution in [0.5, 0.6) is 0 Å². The first-order chi connectivity index (χ1) is 15.7. The molecule has 0 spiro atoms. The van der Waals surface area contributed by atoms with Gasteiger partial charge < -0.3 is 10.4 Å². The van der Waals surface area contributed by atoms with E-state index in [9.17, 15) is 4.79 Å². The van der Waals surface area contributed by atoms with Crippen LogP contribution in [0, 0.1) is 18.8 Å². The SMILES string of the molecule is Cc1cccc2ccnc(N(C(=O)c3cccc(C#CCCCO)c3)[C@@H]3CCCNC3)c12. The average molecular weight is 428 g/mol. The molecule has 1 aliphatic rings. The topological polar surface area (TPSA) is 65.5 Å². The van der Waals surface area contributed by atoms with Gasteiger partial charge >= 0.3 is 0 Å². The molecule has 0 bridgehead atoms. The second-order valence-electron chi connectivity index (χ2n) is 8.19. The van der Waals surface area contributed by atoms with Gasteiger partial charge in [-0.05, 0) is 67.9 Å². The van der Waals surface area contributed by atoms with Crippen LogP contribution in [0.25, 0.3) is 10.8 Å². The molecule has 2 heterocycles. The molecular weight excluding hydrogens is 398 g/mol. The van der Waals surface area contributed by atoms with Crippen molar-refractivity contribution in [3.05, 3.63) is 71.4 Å². The number of amides is 1. The quantitative estimate of drug-likeness (QED) is 0.476. The van der Waals surface area contributed by atoms with E-state index >= 15 is 0 Å². The van der Waals surface area contributed by atoms with E-state index in [1.54, 1.807) is 6.20 Å². The van der Waals surface area contributed by atoms with Gasteiger partial charge in [-0.1, -0.05) is 36.1 Å². The molecule has 1 amide bonds. The second-order valence-corrected chi connectivity index (χ2v) is 8.19. The molecule has 0 radical (unpaired) electrons. The molecule has 164 valence electrons. The summed E-state index contributed by atoms with van der Waals surface area (Å²) < 4.78 is 0. The Balaban J connectivity index is 1.76. The highest BCUT2D eigenvalue weighted by Crippen LogP contribution is 2.31. The molecule has 1 saturated heterocycles. The number of unbranched alkanes of at least 4 members (excludes halogenated alkanes) is 1. The smallest absolute Gasteiger partial charge is 0.259 e. The molecule has 5 heteroatoms. The summed E-state index contributed by atoms with van der Waals surface area (Å²) in [4.78, 5) is 20.5. The highest BCUT2D eigenvalue weighted by molar-refractivity contribution is 6.10. The highest BCUT2D eigenvalue weighted by Gasteiger charge is 2.30. The number of hydrogen-bond acceptors (Lipinski definition) is 4. The zero-order chi connectivity index (χ0) is 22.3. The minimum Gasteiger partial charge on any atom is -0.396 e. The first-order valence-corrected chi connectivity index (χ1v) is 11.3. The maximum absolute atomic E-state index is 13.9. The Bertz CT molecular complexity index is 1150. The van der Waals surface area contributed by atoms with Gasteiger partial charge in [0.2, 0.25) is 0 Å². The first kappa shape index (κ1) is 22.0. The summed E-state index contributed by atoms with van der Waals surface area (Å²) in [6, 6.07) is 15.7. The molecule has 0 unspecified atom stereocenters. The largest absolute Gasteiger partial charge is 0.396 e. The van der Waals surface area contributed by atoms with Crippen molar-refractivity contribution < 1.29 is 9.90 Å². The number of aromatic nitrogens is 1. The van der Waals surface area contributed by atoms with Crippen molar-refractivity contribution in [3.8, 4) is 11.8 Å². The van der Waals surface area contributed by atoms with Crippen molar-refractivity contribution >= 4 is 22.5 Å². The van der Waals surface area contributed by atoms with E-state index in [2.05, 4.69) is 36.2 Å². The van der Waals surface area contributed by atoms with Crippen molar-refractivity contribution in [2.45, 2.75) is 38.6 Å². The number of nitrogens with zero attached hydrogens (tertiary/aromatic N) is 2. The third-order valence-corrected chi connectivity index (χ3v) is 5.86. The van der Waals surface area contributed by atoms with Crippen LogP contribution >= 0.6 is 0 Å². The van der Waals surface area contributed by atoms with Gasteiger partial charge in [0.05, 0.1) is 6.04 Å². The number of hydrogen-bond donors (Lipinski definition) is 2. The van der Waals surface area contributed by atoms with Gasteiger partial charge in [-0.2, -0.15) is 0 Å². The average Bonchev–Trinajstić information content (AvgIpc) is 2.83. The number of aliphatic hydroxyl groups excluding tert-OH is 1. The lowest BCUT2D eigenvalue weighted by molar-refractivity contribution is 0.0971. The van der Waals surface area contributed by atoms with Crippen LogP contribution in [0.15, 0.2) is 54.7 Å². The van der Waals surface area contributed by atoms with Crippen molar-refractivity contribution in [1.29, 1.82) is 0 Å². The maximum Gasteiger partial charge on any atom is 0.259 e. The lowest BCUT2D eigenvalue weighted by Gasteiger charge is -2.35. The number of pyridine rings is 1. The Hall–Kier alpha value is -3.20. The first-order valence-electron chi connectivity index (χ1n) is 11.3. The summed E-state index contributed by atoms with van der Waals surface area (Å²) in [7, 11) is 0. The van der Waals surface area contributed by atoms with E-state index in [-0.39, 0.29) is 18.6 Å². The molecule has 4 rings (SSSR count). The fourth-order valence-electron chi connectivity index (χ4n) is 4.26. The van der Waals surface area contributed by atoms with Gasteiger partial charge in [-0.15, -0.1) is 0 Å². The maximum atomic E-state index is 13.9. The molecule has 2 N–H and O–H groups in total. The third-order valence-electron chi connectivity index (χ3n) is 5.86. The summed E-state index contributed by atoms with van der Waals surface area (Å²) in [5, 5.41) is 14.5. The fraction of sp³-hybridized carbons (Fsp3) is 0.333. The number of aliphatic hydroxyl groups is 1. The van der Waals surface area contributed by atoms with Gasteiger partial charge in [0.25, 0.3) is 5.91 Å². The van der Waals surface area contributed by atoms with Gasteiger partial charge in [-0.25, -0.2) is 4.98 Å². The predicted octanol–water partition coefficient (Wildman–Crippen LogP) is 4.07. The normalized spacial score (nSPS) is 15.8. The highest BCUT2D eigenvalue weighted by atomic mass is 16.2. The lowest BCUT2D eigenvalue weighted by atomic mass is 10.0. The Morgan fingerprint density at radius 2 is 2.12 bits per heavy atom. The zero-order valence-electron chi connectivity index (χ0n) is 18.5. The van der Waals surface area contributed by atoms with E-state index < -0.39 is 0 Å². The number of aryl methyl sites for hydroxylation is 1. The standard InChI is InChI=1S/C27H29N3O2/c1-20-8-5-11-22-14-16-29-26(25(20)22)30(24-13-7-15-28-19-24)27(32)23-12-6-10-21(18-23)9-3-2-4-17-31/h5-6,8,10-12,14,16,18,24,28,31H,2,4,7,13,15,17,19H2,1H3/t24-/m1/s1. The molecule has 0 saturated carbocycles. The molecule has 1 aliphatic heterocycles. The molecule has 0 aliphatic carbocycles. The number of nitrogens with one attached hydrogen (secondary N) is 1. The Morgan fingerprint density at radius 1 is 1.25 bits per heavy atom. The van der Waals surface area contributed by atoms with E-state index in [4.69, 9.17) is 10.1 Å². The Kier molecular flexibility index (Phi) is 7.16. The van der Waals surface area contributed by atoms with Gasteiger partial charge in [0.15, 0.2) is 0 Å². The van der Waals surface area contributed by atoms with Crippen molar-refractivity contribution in [3.63, 3.8) is 0 Å². The van der Waals surface area contributed by atoms with E-state index in [1.807, 2.05) is 41.3 Å². The Labute approximate surface area is 189 Å². The Morgan fingerprint density at radius 3 is 2.94 bits per heavy atom. The molecule has 1 aromatic heterocycles. The number of carbonyl (C=O) groups is 1. The number of anilines is 1. The molecule has 1 fully saturated rings. The minimum atomic E-state index is -0.0547. The molecular formula is C27H29N3O2. The van der Waals surface area contributed by atoms with Crippen molar-refractivity contribution in [1.82, 2.24) is 10.3 Å². The minimum absolute atomic E-state index is 0.0354. The van der Waals surface area contributed by atoms with E-state index in [0.29, 0.717) is 18.4 Å². The van der Waals surface area contributed by atoms with Gasteiger partial charge in [-0.3, -0.25) is 9.69 Å². The summed E-state index contributed by atoms with van der Waals surface area (Å²) in [6.07, 6.45) is 5.03.